The van der Waals surface area contributed by atoms with E-state index in [1.54, 1.807) is 18.3 Å². The number of aromatic nitrogens is 1. The van der Waals surface area contributed by atoms with Crippen LogP contribution in [0.5, 0.6) is 0 Å². The summed E-state index contributed by atoms with van der Waals surface area (Å²) in [5.74, 6) is -0.222. The summed E-state index contributed by atoms with van der Waals surface area (Å²) in [6, 6.07) is 12.4. The third-order valence-electron chi connectivity index (χ3n) is 2.90. The Morgan fingerprint density at radius 2 is 1.89 bits per heavy atom. The van der Waals surface area contributed by atoms with E-state index in [4.69, 9.17) is 5.73 Å². The Morgan fingerprint density at radius 3 is 2.53 bits per heavy atom. The van der Waals surface area contributed by atoms with Gasteiger partial charge >= 0.3 is 0 Å². The predicted molar refractivity (Wildman–Crippen MR) is 75.4 cm³/mol. The molecule has 0 unspecified atom stereocenters. The van der Waals surface area contributed by atoms with Crippen LogP contribution in [0.2, 0.25) is 0 Å². The molecule has 0 saturated heterocycles. The van der Waals surface area contributed by atoms with Crippen LogP contribution < -0.4 is 10.6 Å². The minimum absolute atomic E-state index is 0.222. The van der Waals surface area contributed by atoms with Crippen molar-refractivity contribution in [2.45, 2.75) is 13.0 Å². The molecule has 1 aromatic carbocycles. The van der Waals surface area contributed by atoms with Crippen molar-refractivity contribution in [2.75, 3.05) is 18.0 Å². The third kappa shape index (κ3) is 4.03. The second-order valence-corrected chi connectivity index (χ2v) is 4.36. The number of pyridine rings is 1. The summed E-state index contributed by atoms with van der Waals surface area (Å²) < 4.78 is 13.0. The average molecular weight is 259 g/mol. The van der Waals surface area contributed by atoms with Crippen molar-refractivity contribution in [3.8, 4) is 0 Å². The average Bonchev–Trinajstić information content (AvgIpc) is 2.45. The topological polar surface area (TPSA) is 42.1 Å². The van der Waals surface area contributed by atoms with E-state index < -0.39 is 0 Å². The standard InChI is InChI=1S/C15H18FN3/c16-13-5-7-15(8-6-13)19(11-3-9-17)12-14-4-1-2-10-18-14/h1-2,4-8,10H,3,9,11-12,17H2. The zero-order valence-electron chi connectivity index (χ0n) is 10.8. The zero-order valence-corrected chi connectivity index (χ0v) is 10.8. The van der Waals surface area contributed by atoms with Gasteiger partial charge in [0, 0.05) is 18.4 Å². The Balaban J connectivity index is 2.13. The number of hydrogen-bond acceptors (Lipinski definition) is 3. The molecule has 0 aliphatic carbocycles. The Kier molecular flexibility index (Phi) is 4.86. The van der Waals surface area contributed by atoms with E-state index >= 15 is 0 Å². The van der Waals surface area contributed by atoms with Gasteiger partial charge in [-0.25, -0.2) is 4.39 Å². The van der Waals surface area contributed by atoms with Crippen LogP contribution in [0.15, 0.2) is 48.7 Å². The van der Waals surface area contributed by atoms with Gasteiger partial charge in [0.15, 0.2) is 0 Å². The number of anilines is 1. The van der Waals surface area contributed by atoms with Crippen molar-refractivity contribution < 1.29 is 4.39 Å². The van der Waals surface area contributed by atoms with Crippen LogP contribution in [0.3, 0.4) is 0 Å². The van der Waals surface area contributed by atoms with Crippen LogP contribution in [-0.2, 0) is 6.54 Å². The lowest BCUT2D eigenvalue weighted by Crippen LogP contribution is -2.26. The molecule has 1 heterocycles. The first-order valence-electron chi connectivity index (χ1n) is 6.40. The lowest BCUT2D eigenvalue weighted by molar-refractivity contribution is 0.627. The maximum absolute atomic E-state index is 13.0. The lowest BCUT2D eigenvalue weighted by atomic mass is 10.2. The smallest absolute Gasteiger partial charge is 0.123 e. The molecule has 0 spiro atoms. The molecule has 1 aromatic heterocycles. The van der Waals surface area contributed by atoms with Crippen LogP contribution in [0, 0.1) is 5.82 Å². The van der Waals surface area contributed by atoms with Gasteiger partial charge in [0.1, 0.15) is 5.82 Å². The molecule has 0 bridgehead atoms. The van der Waals surface area contributed by atoms with Gasteiger partial charge in [-0.2, -0.15) is 0 Å². The van der Waals surface area contributed by atoms with E-state index in [1.807, 2.05) is 18.2 Å². The largest absolute Gasteiger partial charge is 0.366 e. The highest BCUT2D eigenvalue weighted by Gasteiger charge is 2.07. The Morgan fingerprint density at radius 1 is 1.11 bits per heavy atom. The molecule has 4 heteroatoms. The van der Waals surface area contributed by atoms with E-state index in [0.29, 0.717) is 13.1 Å². The molecule has 2 N–H and O–H groups in total. The zero-order chi connectivity index (χ0) is 13.5. The summed E-state index contributed by atoms with van der Waals surface area (Å²) in [5, 5.41) is 0. The SMILES string of the molecule is NCCCN(Cc1ccccn1)c1ccc(F)cc1. The van der Waals surface area contributed by atoms with Crippen molar-refractivity contribution in [1.29, 1.82) is 0 Å². The van der Waals surface area contributed by atoms with Gasteiger partial charge < -0.3 is 10.6 Å². The fraction of sp³-hybridized carbons (Fsp3) is 0.267. The van der Waals surface area contributed by atoms with Gasteiger partial charge in [-0.1, -0.05) is 6.07 Å². The molecule has 100 valence electrons. The summed E-state index contributed by atoms with van der Waals surface area (Å²) >= 11 is 0. The Labute approximate surface area is 112 Å². The molecule has 19 heavy (non-hydrogen) atoms. The first kappa shape index (κ1) is 13.5. The molecule has 0 fully saturated rings. The van der Waals surface area contributed by atoms with Crippen LogP contribution in [0.1, 0.15) is 12.1 Å². The molecular weight excluding hydrogens is 241 g/mol. The maximum atomic E-state index is 13.0. The van der Waals surface area contributed by atoms with Crippen LogP contribution in [0.4, 0.5) is 10.1 Å². The molecule has 0 saturated carbocycles. The Hall–Kier alpha value is -1.94. The molecule has 0 aliphatic heterocycles. The molecule has 0 amide bonds. The van der Waals surface area contributed by atoms with Crippen molar-refractivity contribution >= 4 is 5.69 Å². The van der Waals surface area contributed by atoms with Crippen molar-refractivity contribution in [3.05, 3.63) is 60.2 Å². The van der Waals surface area contributed by atoms with Crippen LogP contribution in [0.25, 0.3) is 0 Å². The van der Waals surface area contributed by atoms with Gasteiger partial charge in [-0.3, -0.25) is 4.98 Å². The summed E-state index contributed by atoms with van der Waals surface area (Å²) in [5.41, 5.74) is 7.55. The molecule has 0 radical (unpaired) electrons. The number of nitrogens with zero attached hydrogens (tertiary/aromatic N) is 2. The number of hydrogen-bond donors (Lipinski definition) is 1. The summed E-state index contributed by atoms with van der Waals surface area (Å²) in [4.78, 5) is 6.48. The van der Waals surface area contributed by atoms with Crippen molar-refractivity contribution in [2.24, 2.45) is 5.73 Å². The molecule has 2 rings (SSSR count). The van der Waals surface area contributed by atoms with Crippen LogP contribution in [-0.4, -0.2) is 18.1 Å². The van der Waals surface area contributed by atoms with E-state index in [0.717, 1.165) is 24.3 Å². The van der Waals surface area contributed by atoms with E-state index in [2.05, 4.69) is 9.88 Å². The molecule has 3 nitrogen and oxygen atoms in total. The number of benzene rings is 1. The predicted octanol–water partition coefficient (Wildman–Crippen LogP) is 2.58. The fourth-order valence-corrected chi connectivity index (χ4v) is 1.92. The minimum Gasteiger partial charge on any atom is -0.366 e. The summed E-state index contributed by atoms with van der Waals surface area (Å²) in [7, 11) is 0. The van der Waals surface area contributed by atoms with Gasteiger partial charge in [-0.15, -0.1) is 0 Å². The minimum atomic E-state index is -0.222. The van der Waals surface area contributed by atoms with E-state index in [-0.39, 0.29) is 5.82 Å². The van der Waals surface area contributed by atoms with Crippen molar-refractivity contribution in [3.63, 3.8) is 0 Å². The lowest BCUT2D eigenvalue weighted by Gasteiger charge is -2.24. The van der Waals surface area contributed by atoms with Crippen molar-refractivity contribution in [1.82, 2.24) is 4.98 Å². The second kappa shape index (κ2) is 6.85. The number of nitrogens with two attached hydrogens (primary N) is 1. The first-order chi connectivity index (χ1) is 9.29. The van der Waals surface area contributed by atoms with Gasteiger partial charge in [0.2, 0.25) is 0 Å². The fourth-order valence-electron chi connectivity index (χ4n) is 1.92. The van der Waals surface area contributed by atoms with Gasteiger partial charge in [0.05, 0.1) is 12.2 Å². The van der Waals surface area contributed by atoms with Gasteiger partial charge in [0.25, 0.3) is 0 Å². The quantitative estimate of drug-likeness (QED) is 0.867. The first-order valence-corrected chi connectivity index (χ1v) is 6.40. The summed E-state index contributed by atoms with van der Waals surface area (Å²) in [6.07, 6.45) is 2.67. The highest BCUT2D eigenvalue weighted by Crippen LogP contribution is 2.17. The van der Waals surface area contributed by atoms with Gasteiger partial charge in [-0.05, 0) is 49.4 Å². The number of rotatable bonds is 6. The molecule has 2 aromatic rings. The summed E-state index contributed by atoms with van der Waals surface area (Å²) in [6.45, 7) is 2.17. The number of halogens is 1. The Bertz CT molecular complexity index is 485. The second-order valence-electron chi connectivity index (χ2n) is 4.36. The molecule has 0 aliphatic rings. The monoisotopic (exact) mass is 259 g/mol. The molecule has 0 atom stereocenters. The van der Waals surface area contributed by atoms with Crippen LogP contribution >= 0.6 is 0 Å². The van der Waals surface area contributed by atoms with E-state index in [9.17, 15) is 4.39 Å². The third-order valence-corrected chi connectivity index (χ3v) is 2.90. The maximum Gasteiger partial charge on any atom is 0.123 e. The molecular formula is C15H18FN3. The highest BCUT2D eigenvalue weighted by molar-refractivity contribution is 5.46. The normalized spacial score (nSPS) is 10.4. The highest BCUT2D eigenvalue weighted by atomic mass is 19.1. The van der Waals surface area contributed by atoms with E-state index in [1.165, 1.54) is 12.1 Å².